The van der Waals surface area contributed by atoms with Gasteiger partial charge in [0, 0.05) is 28.4 Å². The SMILES string of the molecule is COc1ccc2c(c1)C1(NN=C(c3ccc4ncccc4c3)S1)C(=O)N2. The maximum absolute atomic E-state index is 12.7. The number of hydrogen-bond acceptors (Lipinski definition) is 6. The Kier molecular flexibility index (Phi) is 3.20. The number of hydrazone groups is 1. The number of fused-ring (bicyclic) bond motifs is 3. The van der Waals surface area contributed by atoms with Crippen molar-refractivity contribution in [2.45, 2.75) is 4.87 Å². The molecule has 26 heavy (non-hydrogen) atoms. The number of carbonyl (C=O) groups is 1. The summed E-state index contributed by atoms with van der Waals surface area (Å²) in [4.78, 5) is 16.1. The lowest BCUT2D eigenvalue weighted by Crippen LogP contribution is -2.39. The van der Waals surface area contributed by atoms with Crippen molar-refractivity contribution in [3.8, 4) is 5.75 Å². The van der Waals surface area contributed by atoms with Gasteiger partial charge >= 0.3 is 0 Å². The standard InChI is InChI=1S/C19H14N4O2S/c1-25-13-5-7-16-14(10-13)19(18(24)21-16)23-22-17(26-19)12-4-6-15-11(9-12)3-2-8-20-15/h2-10,23H,1H3,(H,21,24). The Bertz CT molecular complexity index is 1100. The molecule has 1 aromatic heterocycles. The number of thioether (sulfide) groups is 1. The Morgan fingerprint density at radius 3 is 2.96 bits per heavy atom. The van der Waals surface area contributed by atoms with Crippen LogP contribution < -0.4 is 15.5 Å². The summed E-state index contributed by atoms with van der Waals surface area (Å²) < 4.78 is 5.32. The van der Waals surface area contributed by atoms with Crippen LogP contribution >= 0.6 is 11.8 Å². The highest BCUT2D eigenvalue weighted by Crippen LogP contribution is 2.49. The number of ether oxygens (including phenoxy) is 1. The molecule has 0 aliphatic carbocycles. The fraction of sp³-hybridized carbons (Fsp3) is 0.105. The third-order valence-electron chi connectivity index (χ3n) is 4.59. The van der Waals surface area contributed by atoms with Gasteiger partial charge in [0.2, 0.25) is 4.87 Å². The Balaban J connectivity index is 1.54. The van der Waals surface area contributed by atoms with Gasteiger partial charge in [-0.25, -0.2) is 0 Å². The molecule has 3 heterocycles. The van der Waals surface area contributed by atoms with Crippen LogP contribution in [-0.2, 0) is 9.67 Å². The van der Waals surface area contributed by atoms with Crippen molar-refractivity contribution in [1.82, 2.24) is 10.4 Å². The van der Waals surface area contributed by atoms with E-state index in [1.165, 1.54) is 11.8 Å². The Morgan fingerprint density at radius 1 is 1.15 bits per heavy atom. The van der Waals surface area contributed by atoms with E-state index in [0.717, 1.165) is 32.8 Å². The molecule has 1 spiro atoms. The first kappa shape index (κ1) is 15.2. The predicted molar refractivity (Wildman–Crippen MR) is 102 cm³/mol. The monoisotopic (exact) mass is 362 g/mol. The average Bonchev–Trinajstić information content (AvgIpc) is 3.24. The quantitative estimate of drug-likeness (QED) is 0.733. The maximum Gasteiger partial charge on any atom is 0.267 e. The maximum atomic E-state index is 12.7. The van der Waals surface area contributed by atoms with Crippen LogP contribution in [0.15, 0.2) is 59.8 Å². The lowest BCUT2D eigenvalue weighted by atomic mass is 10.1. The normalized spacial score (nSPS) is 20.7. The molecule has 1 unspecified atom stereocenters. The second kappa shape index (κ2) is 5.47. The molecule has 0 saturated carbocycles. The summed E-state index contributed by atoms with van der Waals surface area (Å²) in [7, 11) is 1.61. The molecule has 2 aliphatic rings. The molecule has 7 heteroatoms. The lowest BCUT2D eigenvalue weighted by Gasteiger charge is -2.20. The zero-order valence-electron chi connectivity index (χ0n) is 13.8. The Labute approximate surface area is 153 Å². The number of anilines is 1. The van der Waals surface area contributed by atoms with E-state index in [1.54, 1.807) is 13.3 Å². The summed E-state index contributed by atoms with van der Waals surface area (Å²) >= 11 is 1.40. The van der Waals surface area contributed by atoms with Gasteiger partial charge in [-0.1, -0.05) is 23.9 Å². The smallest absolute Gasteiger partial charge is 0.267 e. The highest BCUT2D eigenvalue weighted by molar-refractivity contribution is 8.16. The molecular weight excluding hydrogens is 348 g/mol. The Hall–Kier alpha value is -3.06. The molecule has 2 N–H and O–H groups in total. The summed E-state index contributed by atoms with van der Waals surface area (Å²) in [5.41, 5.74) is 6.53. The molecule has 1 amide bonds. The average molecular weight is 362 g/mol. The molecule has 5 rings (SSSR count). The highest BCUT2D eigenvalue weighted by atomic mass is 32.2. The largest absolute Gasteiger partial charge is 0.497 e. The van der Waals surface area contributed by atoms with Crippen molar-refractivity contribution in [3.63, 3.8) is 0 Å². The molecule has 2 aliphatic heterocycles. The van der Waals surface area contributed by atoms with Gasteiger partial charge in [0.1, 0.15) is 10.8 Å². The van der Waals surface area contributed by atoms with Crippen molar-refractivity contribution >= 4 is 39.3 Å². The highest BCUT2D eigenvalue weighted by Gasteiger charge is 2.52. The van der Waals surface area contributed by atoms with Crippen LogP contribution in [0.3, 0.4) is 0 Å². The predicted octanol–water partition coefficient (Wildman–Crippen LogP) is 3.05. The zero-order chi connectivity index (χ0) is 17.7. The van der Waals surface area contributed by atoms with Crippen LogP contribution in [0, 0.1) is 0 Å². The van der Waals surface area contributed by atoms with E-state index in [4.69, 9.17) is 4.74 Å². The van der Waals surface area contributed by atoms with Gasteiger partial charge in [0.15, 0.2) is 0 Å². The van der Waals surface area contributed by atoms with Crippen LogP contribution in [0.1, 0.15) is 11.1 Å². The number of pyridine rings is 1. The molecule has 3 aromatic rings. The first-order valence-corrected chi connectivity index (χ1v) is 8.90. The summed E-state index contributed by atoms with van der Waals surface area (Å²) in [5, 5.41) is 9.18. The van der Waals surface area contributed by atoms with E-state index in [0.29, 0.717) is 5.75 Å². The number of rotatable bonds is 2. The van der Waals surface area contributed by atoms with Gasteiger partial charge in [-0.3, -0.25) is 15.2 Å². The van der Waals surface area contributed by atoms with Crippen LogP contribution in [0.4, 0.5) is 5.69 Å². The van der Waals surface area contributed by atoms with Crippen LogP contribution in [0.25, 0.3) is 10.9 Å². The van der Waals surface area contributed by atoms with Crippen LogP contribution in [-0.4, -0.2) is 23.0 Å². The number of amides is 1. The van der Waals surface area contributed by atoms with E-state index in [2.05, 4.69) is 20.8 Å². The van der Waals surface area contributed by atoms with E-state index in [1.807, 2.05) is 48.5 Å². The lowest BCUT2D eigenvalue weighted by molar-refractivity contribution is -0.118. The number of hydrogen-bond donors (Lipinski definition) is 2. The number of benzene rings is 2. The van der Waals surface area contributed by atoms with Crippen molar-refractivity contribution < 1.29 is 9.53 Å². The topological polar surface area (TPSA) is 75.6 Å². The number of methoxy groups -OCH3 is 1. The van der Waals surface area contributed by atoms with Crippen molar-refractivity contribution in [2.75, 3.05) is 12.4 Å². The third-order valence-corrected chi connectivity index (χ3v) is 5.91. The summed E-state index contributed by atoms with van der Waals surface area (Å²) in [5.74, 6) is 0.569. The molecule has 0 fully saturated rings. The molecular formula is C19H14N4O2S. The fourth-order valence-corrected chi connectivity index (χ4v) is 4.39. The number of carbonyl (C=O) groups excluding carboxylic acids is 1. The minimum atomic E-state index is -0.969. The Morgan fingerprint density at radius 2 is 2.08 bits per heavy atom. The van der Waals surface area contributed by atoms with E-state index in [-0.39, 0.29) is 5.91 Å². The second-order valence-electron chi connectivity index (χ2n) is 6.09. The van der Waals surface area contributed by atoms with Crippen LogP contribution in [0.2, 0.25) is 0 Å². The first-order chi connectivity index (χ1) is 12.7. The van der Waals surface area contributed by atoms with E-state index < -0.39 is 4.87 Å². The van der Waals surface area contributed by atoms with Gasteiger partial charge in [0.05, 0.1) is 12.6 Å². The molecule has 0 radical (unpaired) electrons. The minimum Gasteiger partial charge on any atom is -0.497 e. The fourth-order valence-electron chi connectivity index (χ4n) is 3.25. The summed E-state index contributed by atoms with van der Waals surface area (Å²) in [6, 6.07) is 15.4. The van der Waals surface area contributed by atoms with Crippen molar-refractivity contribution in [2.24, 2.45) is 5.10 Å². The zero-order valence-corrected chi connectivity index (χ0v) is 14.6. The molecule has 1 atom stereocenters. The van der Waals surface area contributed by atoms with E-state index in [9.17, 15) is 4.79 Å². The van der Waals surface area contributed by atoms with Crippen molar-refractivity contribution in [3.05, 3.63) is 65.9 Å². The third kappa shape index (κ3) is 2.10. The second-order valence-corrected chi connectivity index (χ2v) is 7.29. The van der Waals surface area contributed by atoms with Gasteiger partial charge < -0.3 is 10.1 Å². The molecule has 6 nitrogen and oxygen atoms in total. The first-order valence-electron chi connectivity index (χ1n) is 8.09. The summed E-state index contributed by atoms with van der Waals surface area (Å²) in [6.07, 6.45) is 1.77. The summed E-state index contributed by atoms with van der Waals surface area (Å²) in [6.45, 7) is 0. The van der Waals surface area contributed by atoms with E-state index >= 15 is 0 Å². The van der Waals surface area contributed by atoms with Gasteiger partial charge in [-0.15, -0.1) is 0 Å². The molecule has 128 valence electrons. The van der Waals surface area contributed by atoms with Crippen LogP contribution in [0.5, 0.6) is 5.75 Å². The number of aromatic nitrogens is 1. The molecule has 2 aromatic carbocycles. The molecule has 0 saturated heterocycles. The van der Waals surface area contributed by atoms with Crippen molar-refractivity contribution in [1.29, 1.82) is 0 Å². The van der Waals surface area contributed by atoms with Gasteiger partial charge in [-0.05, 0) is 36.4 Å². The van der Waals surface area contributed by atoms with Gasteiger partial charge in [0.25, 0.3) is 5.91 Å². The molecule has 0 bridgehead atoms. The number of nitrogens with one attached hydrogen (secondary N) is 2. The minimum absolute atomic E-state index is 0.132. The van der Waals surface area contributed by atoms with Gasteiger partial charge in [-0.2, -0.15) is 5.10 Å². The number of nitrogens with zero attached hydrogens (tertiary/aromatic N) is 2.